The molecule has 3 atom stereocenters. The van der Waals surface area contributed by atoms with Gasteiger partial charge in [-0.3, -0.25) is 0 Å². The molecule has 1 aromatic rings. The summed E-state index contributed by atoms with van der Waals surface area (Å²) in [5.74, 6) is -0.404. The van der Waals surface area contributed by atoms with E-state index >= 15 is 0 Å². The van der Waals surface area contributed by atoms with Crippen LogP contribution in [-0.2, 0) is 0 Å². The summed E-state index contributed by atoms with van der Waals surface area (Å²) in [5, 5.41) is 19.3. The molecule has 102 valence electrons. The largest absolute Gasteiger partial charge is 0.505 e. The zero-order valence-electron chi connectivity index (χ0n) is 11.1. The molecule has 2 aliphatic carbocycles. The summed E-state index contributed by atoms with van der Waals surface area (Å²) in [6, 6.07) is 4.57. The van der Waals surface area contributed by atoms with E-state index in [9.17, 15) is 14.6 Å². The van der Waals surface area contributed by atoms with E-state index in [0.717, 1.165) is 36.8 Å². The lowest BCUT2D eigenvalue weighted by Crippen LogP contribution is -2.34. The molecule has 0 amide bonds. The smallest absolute Gasteiger partial charge is 0.165 e. The van der Waals surface area contributed by atoms with Crippen LogP contribution in [0.4, 0.5) is 4.39 Å². The van der Waals surface area contributed by atoms with Gasteiger partial charge in [0.25, 0.3) is 0 Å². The fourth-order valence-electron chi connectivity index (χ4n) is 3.56. The van der Waals surface area contributed by atoms with Crippen molar-refractivity contribution in [1.82, 2.24) is 0 Å². The molecule has 2 aliphatic rings. The Morgan fingerprint density at radius 3 is 2.84 bits per heavy atom. The van der Waals surface area contributed by atoms with Crippen molar-refractivity contribution in [3.05, 3.63) is 35.7 Å². The molecule has 0 bridgehead atoms. The van der Waals surface area contributed by atoms with Crippen molar-refractivity contribution in [2.24, 2.45) is 11.3 Å². The first-order valence-electron chi connectivity index (χ1n) is 6.86. The number of benzene rings is 1. The lowest BCUT2D eigenvalue weighted by Gasteiger charge is -2.38. The Kier molecular flexibility index (Phi) is 2.90. The van der Waals surface area contributed by atoms with E-state index in [-0.39, 0.29) is 17.3 Å². The van der Waals surface area contributed by atoms with E-state index in [1.165, 1.54) is 12.1 Å². The molecule has 0 aromatic heterocycles. The molecule has 19 heavy (non-hydrogen) atoms. The molecule has 1 unspecified atom stereocenters. The summed E-state index contributed by atoms with van der Waals surface area (Å²) in [5.41, 5.74) is 1.97. The molecule has 1 aromatic carbocycles. The monoisotopic (exact) mass is 262 g/mol. The first-order valence-corrected chi connectivity index (χ1v) is 6.86. The van der Waals surface area contributed by atoms with E-state index in [1.54, 1.807) is 6.07 Å². The normalized spacial score (nSPS) is 33.9. The molecule has 0 aliphatic heterocycles. The summed E-state index contributed by atoms with van der Waals surface area (Å²) in [6.45, 7) is 2.15. The maximum absolute atomic E-state index is 13.4. The number of hydrogen-bond acceptors (Lipinski definition) is 2. The van der Waals surface area contributed by atoms with Gasteiger partial charge in [-0.1, -0.05) is 19.1 Å². The molecule has 0 saturated heterocycles. The van der Waals surface area contributed by atoms with Gasteiger partial charge < -0.3 is 10.2 Å². The van der Waals surface area contributed by atoms with Crippen LogP contribution in [0, 0.1) is 17.2 Å². The number of phenolic OH excluding ortho intramolecular Hbond substituents is 1. The summed E-state index contributed by atoms with van der Waals surface area (Å²) < 4.78 is 13.4. The number of aliphatic hydroxyl groups is 1. The average Bonchev–Trinajstić information content (AvgIpc) is 2.69. The molecule has 1 fully saturated rings. The quantitative estimate of drug-likeness (QED) is 0.813. The zero-order valence-corrected chi connectivity index (χ0v) is 11.1. The van der Waals surface area contributed by atoms with Crippen molar-refractivity contribution in [3.8, 4) is 5.75 Å². The highest BCUT2D eigenvalue weighted by molar-refractivity contribution is 5.67. The maximum atomic E-state index is 13.4. The highest BCUT2D eigenvalue weighted by Crippen LogP contribution is 2.53. The molecular weight excluding hydrogens is 243 g/mol. The van der Waals surface area contributed by atoms with Gasteiger partial charge in [-0.25, -0.2) is 4.39 Å². The van der Waals surface area contributed by atoms with Gasteiger partial charge in [0.2, 0.25) is 0 Å². The first-order chi connectivity index (χ1) is 9.00. The minimum atomic E-state index is -0.571. The fourth-order valence-corrected chi connectivity index (χ4v) is 3.56. The van der Waals surface area contributed by atoms with Gasteiger partial charge in [0.15, 0.2) is 11.6 Å². The second-order valence-electron chi connectivity index (χ2n) is 6.10. The highest BCUT2D eigenvalue weighted by atomic mass is 19.1. The minimum absolute atomic E-state index is 0.0149. The van der Waals surface area contributed by atoms with Gasteiger partial charge in [-0.2, -0.15) is 0 Å². The molecule has 1 saturated carbocycles. The standard InChI is InChI=1S/C16H19FO2/c1-16-7-6-11(8-12(16)3-5-15(16)19)10-2-4-14(18)13(17)9-10/h2,4,6,9,12,15,18-19H,3,5,7-8H2,1H3/t12?,15-,16-/m0/s1. The Morgan fingerprint density at radius 2 is 2.11 bits per heavy atom. The number of halogens is 1. The van der Waals surface area contributed by atoms with Crippen molar-refractivity contribution < 1.29 is 14.6 Å². The second-order valence-corrected chi connectivity index (χ2v) is 6.10. The molecule has 0 heterocycles. The van der Waals surface area contributed by atoms with E-state index in [2.05, 4.69) is 13.0 Å². The highest BCUT2D eigenvalue weighted by Gasteiger charge is 2.46. The third kappa shape index (κ3) is 1.96. The summed E-state index contributed by atoms with van der Waals surface area (Å²) in [4.78, 5) is 0. The fraction of sp³-hybridized carbons (Fsp3) is 0.500. The Morgan fingerprint density at radius 1 is 1.32 bits per heavy atom. The Balaban J connectivity index is 1.90. The third-order valence-corrected chi connectivity index (χ3v) is 5.06. The zero-order chi connectivity index (χ0) is 13.6. The van der Waals surface area contributed by atoms with E-state index < -0.39 is 5.82 Å². The van der Waals surface area contributed by atoms with Crippen LogP contribution in [-0.4, -0.2) is 16.3 Å². The molecule has 2 nitrogen and oxygen atoms in total. The molecule has 0 spiro atoms. The molecule has 3 rings (SSSR count). The van der Waals surface area contributed by atoms with E-state index in [1.807, 2.05) is 0 Å². The van der Waals surface area contributed by atoms with Crippen LogP contribution < -0.4 is 0 Å². The molecule has 0 radical (unpaired) electrons. The molecule has 2 N–H and O–H groups in total. The summed E-state index contributed by atoms with van der Waals surface area (Å²) in [6.07, 6.45) is 5.54. The van der Waals surface area contributed by atoms with Crippen LogP contribution in [0.25, 0.3) is 5.57 Å². The third-order valence-electron chi connectivity index (χ3n) is 5.06. The lowest BCUT2D eigenvalue weighted by atomic mass is 9.68. The predicted octanol–water partition coefficient (Wildman–Crippen LogP) is 3.49. The van der Waals surface area contributed by atoms with Crippen molar-refractivity contribution in [2.45, 2.75) is 38.7 Å². The van der Waals surface area contributed by atoms with Crippen molar-refractivity contribution in [1.29, 1.82) is 0 Å². The van der Waals surface area contributed by atoms with Crippen molar-refractivity contribution >= 4 is 5.57 Å². The van der Waals surface area contributed by atoms with Gasteiger partial charge >= 0.3 is 0 Å². The van der Waals surface area contributed by atoms with Crippen LogP contribution in [0.2, 0.25) is 0 Å². The van der Waals surface area contributed by atoms with Gasteiger partial charge in [-0.05, 0) is 54.9 Å². The van der Waals surface area contributed by atoms with Crippen LogP contribution in [0.15, 0.2) is 24.3 Å². The van der Waals surface area contributed by atoms with E-state index in [4.69, 9.17) is 0 Å². The van der Waals surface area contributed by atoms with E-state index in [0.29, 0.717) is 5.92 Å². The van der Waals surface area contributed by atoms with Gasteiger partial charge in [0.1, 0.15) is 0 Å². The first kappa shape index (κ1) is 12.7. The molecular formula is C16H19FO2. The number of allylic oxidation sites excluding steroid dienone is 2. The number of hydrogen-bond donors (Lipinski definition) is 2. The molecule has 3 heteroatoms. The lowest BCUT2D eigenvalue weighted by molar-refractivity contribution is 0.0400. The number of aliphatic hydroxyl groups excluding tert-OH is 1. The predicted molar refractivity (Wildman–Crippen MR) is 72.1 cm³/mol. The second kappa shape index (κ2) is 4.34. The number of fused-ring (bicyclic) bond motifs is 1. The Bertz CT molecular complexity index is 538. The number of phenols is 1. The van der Waals surface area contributed by atoms with Crippen molar-refractivity contribution in [2.75, 3.05) is 0 Å². The van der Waals surface area contributed by atoms with Gasteiger partial charge in [0.05, 0.1) is 6.10 Å². The number of rotatable bonds is 1. The Labute approximate surface area is 112 Å². The Hall–Kier alpha value is -1.35. The SMILES string of the molecule is C[C@]12CC=C(c3ccc(O)c(F)c3)CC1CC[C@@H]2O. The van der Waals surface area contributed by atoms with Crippen LogP contribution in [0.5, 0.6) is 5.75 Å². The number of aromatic hydroxyl groups is 1. The average molecular weight is 262 g/mol. The topological polar surface area (TPSA) is 40.5 Å². The summed E-state index contributed by atoms with van der Waals surface area (Å²) >= 11 is 0. The van der Waals surface area contributed by atoms with Gasteiger partial charge in [0, 0.05) is 5.41 Å². The van der Waals surface area contributed by atoms with Crippen LogP contribution >= 0.6 is 0 Å². The van der Waals surface area contributed by atoms with Gasteiger partial charge in [-0.15, -0.1) is 0 Å². The minimum Gasteiger partial charge on any atom is -0.505 e. The van der Waals surface area contributed by atoms with Crippen molar-refractivity contribution in [3.63, 3.8) is 0 Å². The summed E-state index contributed by atoms with van der Waals surface area (Å²) in [7, 11) is 0. The van der Waals surface area contributed by atoms with Crippen LogP contribution in [0.3, 0.4) is 0 Å². The maximum Gasteiger partial charge on any atom is 0.165 e. The van der Waals surface area contributed by atoms with Crippen LogP contribution in [0.1, 0.15) is 38.2 Å².